The summed E-state index contributed by atoms with van der Waals surface area (Å²) in [5.74, 6) is -0.370. The average molecular weight is 473 g/mol. The molecule has 0 bridgehead atoms. The van der Waals surface area contributed by atoms with Crippen LogP contribution in [0.5, 0.6) is 0 Å². The topological polar surface area (TPSA) is 67.2 Å². The Morgan fingerprint density at radius 1 is 1.28 bits per heavy atom. The number of carbonyl (C=O) groups excluding carboxylic acids is 2. The maximum atomic E-state index is 13.7. The van der Waals surface area contributed by atoms with Gasteiger partial charge in [0.25, 0.3) is 5.91 Å². The molecule has 2 aromatic rings. The second-order valence-electron chi connectivity index (χ2n) is 8.63. The molecular formula is C21H24ClF3N4O3. The van der Waals surface area contributed by atoms with E-state index in [-0.39, 0.29) is 34.5 Å². The molecule has 0 atom stereocenters. The molecule has 2 amide bonds. The average Bonchev–Trinajstić information content (AvgIpc) is 3.29. The highest BCUT2D eigenvalue weighted by Gasteiger charge is 2.38. The van der Waals surface area contributed by atoms with Gasteiger partial charge in [0.1, 0.15) is 11.8 Å². The minimum atomic E-state index is -4.63. The van der Waals surface area contributed by atoms with Crippen molar-refractivity contribution >= 4 is 29.2 Å². The standard InChI is InChI=1S/C21H24ClF3N4O3/c1-12(2)9-13-10-15(21(23,24)25)18-26-16(17(22)29(18)11-13)19(30)27-5-3-14(4-6-27)28-7-8-32-20(28)31/h10-12,14H,3-9H2,1-2H3. The Bertz CT molecular complexity index is 1050. The van der Waals surface area contributed by atoms with Crippen LogP contribution in [-0.4, -0.2) is 63.5 Å². The summed E-state index contributed by atoms with van der Waals surface area (Å²) in [4.78, 5) is 32.0. The number of carbonyl (C=O) groups is 2. The lowest BCUT2D eigenvalue weighted by Gasteiger charge is -2.35. The first-order valence-electron chi connectivity index (χ1n) is 10.6. The van der Waals surface area contributed by atoms with Gasteiger partial charge in [-0.05, 0) is 36.8 Å². The van der Waals surface area contributed by atoms with Crippen LogP contribution in [0, 0.1) is 5.92 Å². The highest BCUT2D eigenvalue weighted by atomic mass is 35.5. The smallest absolute Gasteiger partial charge is 0.419 e. The van der Waals surface area contributed by atoms with Crippen LogP contribution in [0.4, 0.5) is 18.0 Å². The molecule has 0 N–H and O–H groups in total. The molecule has 2 saturated heterocycles. The van der Waals surface area contributed by atoms with Gasteiger partial charge in [0, 0.05) is 25.3 Å². The number of imidazole rings is 1. The monoisotopic (exact) mass is 472 g/mol. The van der Waals surface area contributed by atoms with E-state index in [1.807, 2.05) is 13.8 Å². The fourth-order valence-corrected chi connectivity index (χ4v) is 4.62. The SMILES string of the molecule is CC(C)Cc1cc(C(F)(F)F)c2nc(C(=O)N3CCC(N4CCOC4=O)CC3)c(Cl)n2c1. The summed E-state index contributed by atoms with van der Waals surface area (Å²) in [5, 5.41) is -0.133. The number of nitrogens with zero attached hydrogens (tertiary/aromatic N) is 4. The van der Waals surface area contributed by atoms with Gasteiger partial charge in [-0.1, -0.05) is 25.4 Å². The number of alkyl halides is 3. The number of pyridine rings is 1. The molecule has 11 heteroatoms. The van der Waals surface area contributed by atoms with Crippen LogP contribution >= 0.6 is 11.6 Å². The van der Waals surface area contributed by atoms with Crippen molar-refractivity contribution in [3.05, 3.63) is 34.2 Å². The molecule has 0 radical (unpaired) electrons. The molecule has 2 aliphatic heterocycles. The third-order valence-electron chi connectivity index (χ3n) is 5.85. The van der Waals surface area contributed by atoms with E-state index in [9.17, 15) is 22.8 Å². The molecule has 0 aromatic carbocycles. The number of halogens is 4. The normalized spacial score (nSPS) is 18.2. The van der Waals surface area contributed by atoms with Crippen molar-refractivity contribution in [2.45, 2.75) is 45.3 Å². The highest BCUT2D eigenvalue weighted by molar-refractivity contribution is 6.33. The molecule has 7 nitrogen and oxygen atoms in total. The van der Waals surface area contributed by atoms with Crippen LogP contribution in [0.15, 0.2) is 12.3 Å². The Hall–Kier alpha value is -2.49. The van der Waals surface area contributed by atoms with Gasteiger partial charge in [0.15, 0.2) is 11.3 Å². The first kappa shape index (κ1) is 22.7. The van der Waals surface area contributed by atoms with Crippen molar-refractivity contribution in [1.29, 1.82) is 0 Å². The lowest BCUT2D eigenvalue weighted by Crippen LogP contribution is -2.47. The number of likely N-dealkylation sites (tertiary alicyclic amines) is 1. The first-order chi connectivity index (χ1) is 15.1. The Kier molecular flexibility index (Phi) is 6.00. The summed E-state index contributed by atoms with van der Waals surface area (Å²) in [6.45, 7) is 5.40. The van der Waals surface area contributed by atoms with Crippen molar-refractivity contribution in [3.8, 4) is 0 Å². The van der Waals surface area contributed by atoms with E-state index in [0.717, 1.165) is 10.5 Å². The van der Waals surface area contributed by atoms with Crippen LogP contribution in [0.3, 0.4) is 0 Å². The fourth-order valence-electron chi connectivity index (χ4n) is 4.37. The second kappa shape index (κ2) is 8.46. The maximum Gasteiger partial charge on any atom is 0.419 e. The fraction of sp³-hybridized carbons (Fsp3) is 0.571. The minimum Gasteiger partial charge on any atom is -0.448 e. The predicted molar refractivity (Wildman–Crippen MR) is 111 cm³/mol. The van der Waals surface area contributed by atoms with Crippen molar-refractivity contribution in [1.82, 2.24) is 19.2 Å². The largest absolute Gasteiger partial charge is 0.448 e. The van der Waals surface area contributed by atoms with Gasteiger partial charge in [-0.2, -0.15) is 13.2 Å². The first-order valence-corrected chi connectivity index (χ1v) is 10.9. The number of cyclic esters (lactones) is 1. The number of fused-ring (bicyclic) bond motifs is 1. The van der Waals surface area contributed by atoms with Crippen LogP contribution in [0.25, 0.3) is 5.65 Å². The van der Waals surface area contributed by atoms with E-state index in [0.29, 0.717) is 51.1 Å². The molecule has 2 aliphatic rings. The summed E-state index contributed by atoms with van der Waals surface area (Å²) in [6, 6.07) is 1.05. The van der Waals surface area contributed by atoms with E-state index < -0.39 is 17.6 Å². The van der Waals surface area contributed by atoms with Crippen LogP contribution < -0.4 is 0 Å². The van der Waals surface area contributed by atoms with Gasteiger partial charge in [-0.15, -0.1) is 0 Å². The lowest BCUT2D eigenvalue weighted by molar-refractivity contribution is -0.136. The molecular weight excluding hydrogens is 449 g/mol. The molecule has 4 rings (SSSR count). The molecule has 0 saturated carbocycles. The van der Waals surface area contributed by atoms with Crippen molar-refractivity contribution in [2.24, 2.45) is 5.92 Å². The van der Waals surface area contributed by atoms with Crippen molar-refractivity contribution < 1.29 is 27.5 Å². The van der Waals surface area contributed by atoms with Crippen LogP contribution in [-0.2, 0) is 17.3 Å². The summed E-state index contributed by atoms with van der Waals surface area (Å²) in [6.07, 6.45) is -1.93. The predicted octanol–water partition coefficient (Wildman–Crippen LogP) is 4.26. The second-order valence-corrected chi connectivity index (χ2v) is 8.99. The molecule has 32 heavy (non-hydrogen) atoms. The molecule has 174 valence electrons. The molecule has 0 aliphatic carbocycles. The van der Waals surface area contributed by atoms with Crippen molar-refractivity contribution in [2.75, 3.05) is 26.2 Å². The van der Waals surface area contributed by atoms with Gasteiger partial charge >= 0.3 is 12.3 Å². The molecule has 2 aromatic heterocycles. The van der Waals surface area contributed by atoms with E-state index in [2.05, 4.69) is 4.98 Å². The highest BCUT2D eigenvalue weighted by Crippen LogP contribution is 2.35. The zero-order chi connectivity index (χ0) is 23.2. The summed E-state index contributed by atoms with van der Waals surface area (Å²) >= 11 is 6.37. The maximum absolute atomic E-state index is 13.7. The van der Waals surface area contributed by atoms with Crippen molar-refractivity contribution in [3.63, 3.8) is 0 Å². The van der Waals surface area contributed by atoms with Crippen LogP contribution in [0.1, 0.15) is 48.3 Å². The van der Waals surface area contributed by atoms with Gasteiger partial charge in [-0.25, -0.2) is 9.78 Å². The van der Waals surface area contributed by atoms with Crippen LogP contribution in [0.2, 0.25) is 5.15 Å². The molecule has 4 heterocycles. The number of rotatable bonds is 4. The summed E-state index contributed by atoms with van der Waals surface area (Å²) in [7, 11) is 0. The molecule has 0 unspecified atom stereocenters. The Balaban J connectivity index is 1.61. The summed E-state index contributed by atoms with van der Waals surface area (Å²) in [5.41, 5.74) is -1.02. The molecule has 0 spiro atoms. The van der Waals surface area contributed by atoms with E-state index >= 15 is 0 Å². The molecule has 2 fully saturated rings. The third kappa shape index (κ3) is 4.24. The Morgan fingerprint density at radius 3 is 2.53 bits per heavy atom. The number of aromatic nitrogens is 2. The minimum absolute atomic E-state index is 0.0268. The number of piperidine rings is 1. The number of ether oxygens (including phenoxy) is 1. The zero-order valence-electron chi connectivity index (χ0n) is 17.8. The van der Waals surface area contributed by atoms with Gasteiger partial charge in [-0.3, -0.25) is 9.20 Å². The van der Waals surface area contributed by atoms with Gasteiger partial charge < -0.3 is 14.5 Å². The zero-order valence-corrected chi connectivity index (χ0v) is 18.5. The van der Waals surface area contributed by atoms with Gasteiger partial charge in [0.2, 0.25) is 0 Å². The quantitative estimate of drug-likeness (QED) is 0.666. The third-order valence-corrected chi connectivity index (χ3v) is 6.22. The number of amides is 2. The number of hydrogen-bond acceptors (Lipinski definition) is 4. The van der Waals surface area contributed by atoms with E-state index in [1.165, 1.54) is 11.1 Å². The Morgan fingerprint density at radius 2 is 1.97 bits per heavy atom. The van der Waals surface area contributed by atoms with Gasteiger partial charge in [0.05, 0.1) is 12.1 Å². The Labute approximate surface area is 188 Å². The summed E-state index contributed by atoms with van der Waals surface area (Å²) < 4.78 is 47.3. The number of hydrogen-bond donors (Lipinski definition) is 0. The van der Waals surface area contributed by atoms with E-state index in [4.69, 9.17) is 16.3 Å². The lowest BCUT2D eigenvalue weighted by atomic mass is 10.0. The van der Waals surface area contributed by atoms with E-state index in [1.54, 1.807) is 4.90 Å².